The van der Waals surface area contributed by atoms with Crippen molar-refractivity contribution in [2.75, 3.05) is 30.0 Å². The van der Waals surface area contributed by atoms with Crippen LogP contribution in [0.5, 0.6) is 0 Å². The van der Waals surface area contributed by atoms with Crippen LogP contribution in [0.15, 0.2) is 24.3 Å². The number of aromatic nitrogens is 1. The fourth-order valence-corrected chi connectivity index (χ4v) is 5.22. The third-order valence-electron chi connectivity index (χ3n) is 5.82. The molecular formula is C28H43N7O8S2. The second-order valence-corrected chi connectivity index (χ2v) is 15.1. The highest BCUT2D eigenvalue weighted by Crippen LogP contribution is 2.37. The Morgan fingerprint density at radius 3 is 2.09 bits per heavy atom. The van der Waals surface area contributed by atoms with Gasteiger partial charge in [-0.05, 0) is 51.3 Å². The number of rotatable bonds is 13. The number of hydrogen-bond acceptors (Lipinski definition) is 11. The lowest BCUT2D eigenvalue weighted by Crippen LogP contribution is -2.59. The molecule has 1 aromatic heterocycles. The highest BCUT2D eigenvalue weighted by molar-refractivity contribution is 7.88. The van der Waals surface area contributed by atoms with Gasteiger partial charge < -0.3 is 36.5 Å². The standard InChI is InChI=1S/C28H43N7O8S2/c1-17(36)32-24-33-20(21(44-24)22(37)30-15-16-31-45(8,40)41)14-11-18-9-12-19(13-10-18)34-28(26(2,3)4,42-23(29)38)43-25(39)35-27(5,6)7/h9-10,12-13,31,34H,11,14-16H2,1-8H3,(H2,29,38)(H,30,37)(H,35,39)(H,32,33,36). The number of sulfonamides is 1. The van der Waals surface area contributed by atoms with E-state index in [0.717, 1.165) is 23.2 Å². The number of ether oxygens (including phenoxy) is 2. The predicted octanol–water partition coefficient (Wildman–Crippen LogP) is 2.90. The largest absolute Gasteiger partial charge is 0.412 e. The number of hydrogen-bond donors (Lipinski definition) is 6. The lowest BCUT2D eigenvalue weighted by molar-refractivity contribution is -0.202. The van der Waals surface area contributed by atoms with E-state index < -0.39 is 45.0 Å². The molecule has 0 aliphatic rings. The van der Waals surface area contributed by atoms with Crippen LogP contribution in [0.2, 0.25) is 0 Å². The van der Waals surface area contributed by atoms with Gasteiger partial charge in [-0.3, -0.25) is 9.59 Å². The number of aryl methyl sites for hydroxylation is 2. The molecule has 0 aliphatic carbocycles. The van der Waals surface area contributed by atoms with Crippen molar-refractivity contribution in [1.82, 2.24) is 20.3 Å². The van der Waals surface area contributed by atoms with E-state index in [-0.39, 0.29) is 24.1 Å². The monoisotopic (exact) mass is 669 g/mol. The van der Waals surface area contributed by atoms with E-state index in [1.807, 2.05) is 0 Å². The topological polar surface area (TPSA) is 220 Å². The zero-order chi connectivity index (χ0) is 34.2. The van der Waals surface area contributed by atoms with Crippen molar-refractivity contribution in [2.45, 2.75) is 72.8 Å². The highest BCUT2D eigenvalue weighted by Gasteiger charge is 2.50. The number of amides is 4. The van der Waals surface area contributed by atoms with Gasteiger partial charge >= 0.3 is 18.1 Å². The molecule has 250 valence electrons. The number of carbonyl (C=O) groups excluding carboxylic acids is 4. The number of nitrogens with zero attached hydrogens (tertiary/aromatic N) is 1. The lowest BCUT2D eigenvalue weighted by Gasteiger charge is -2.42. The van der Waals surface area contributed by atoms with E-state index in [1.54, 1.807) is 65.8 Å². The molecule has 7 N–H and O–H groups in total. The normalized spacial score (nSPS) is 13.2. The number of primary amides is 1. The molecule has 2 rings (SSSR count). The molecule has 1 unspecified atom stereocenters. The molecule has 0 saturated carbocycles. The maximum absolute atomic E-state index is 12.9. The van der Waals surface area contributed by atoms with Crippen LogP contribution >= 0.6 is 11.3 Å². The van der Waals surface area contributed by atoms with Crippen molar-refractivity contribution in [3.8, 4) is 0 Å². The molecule has 0 bridgehead atoms. The van der Waals surface area contributed by atoms with E-state index in [9.17, 15) is 27.6 Å². The van der Waals surface area contributed by atoms with Gasteiger partial charge in [0.05, 0.1) is 17.4 Å². The van der Waals surface area contributed by atoms with Crippen molar-refractivity contribution in [3.05, 3.63) is 40.4 Å². The summed E-state index contributed by atoms with van der Waals surface area (Å²) in [5, 5.41) is 11.2. The van der Waals surface area contributed by atoms with Crippen LogP contribution in [0.3, 0.4) is 0 Å². The van der Waals surface area contributed by atoms with Gasteiger partial charge in [-0.1, -0.05) is 44.2 Å². The number of benzene rings is 1. The van der Waals surface area contributed by atoms with E-state index in [2.05, 4.69) is 31.0 Å². The minimum atomic E-state index is -3.40. The zero-order valence-corrected chi connectivity index (χ0v) is 28.4. The smallest absolute Gasteiger partial charge is 0.387 e. The van der Waals surface area contributed by atoms with Crippen LogP contribution < -0.4 is 31.7 Å². The van der Waals surface area contributed by atoms with E-state index in [0.29, 0.717) is 29.1 Å². The van der Waals surface area contributed by atoms with Crippen LogP contribution in [-0.2, 0) is 37.1 Å². The third kappa shape index (κ3) is 12.5. The van der Waals surface area contributed by atoms with Crippen LogP contribution in [0, 0.1) is 5.41 Å². The molecule has 0 fully saturated rings. The van der Waals surface area contributed by atoms with Crippen molar-refractivity contribution in [2.24, 2.45) is 11.1 Å². The number of thiazole rings is 1. The molecule has 1 heterocycles. The Kier molecular flexibility index (Phi) is 12.3. The molecule has 0 aliphatic heterocycles. The fourth-order valence-electron chi connectivity index (χ4n) is 3.77. The van der Waals surface area contributed by atoms with Gasteiger partial charge in [-0.15, -0.1) is 0 Å². The van der Waals surface area contributed by atoms with Crippen LogP contribution in [0.25, 0.3) is 0 Å². The summed E-state index contributed by atoms with van der Waals surface area (Å²) in [6, 6.07) is 7.01. The Bertz CT molecular complexity index is 1480. The number of carbonyl (C=O) groups is 4. The Balaban J connectivity index is 2.23. The Labute approximate surface area is 267 Å². The lowest BCUT2D eigenvalue weighted by atomic mass is 9.90. The molecule has 1 atom stereocenters. The first-order valence-corrected chi connectivity index (χ1v) is 16.7. The molecule has 17 heteroatoms. The summed E-state index contributed by atoms with van der Waals surface area (Å²) in [5.74, 6) is -2.75. The molecule has 4 amide bonds. The Hall–Kier alpha value is -3.96. The quantitative estimate of drug-likeness (QED) is 0.135. The van der Waals surface area contributed by atoms with Gasteiger partial charge in [0.1, 0.15) is 4.88 Å². The predicted molar refractivity (Wildman–Crippen MR) is 171 cm³/mol. The van der Waals surface area contributed by atoms with Gasteiger partial charge in [-0.25, -0.2) is 27.7 Å². The SMILES string of the molecule is CC(=O)Nc1nc(CCc2ccc(NC(OC(N)=O)(OC(=O)NC(C)(C)C)C(C)(C)C)cc2)c(C(=O)NCCNS(C)(=O)=O)s1. The number of nitrogens with two attached hydrogens (primary N) is 1. The van der Waals surface area contributed by atoms with Crippen LogP contribution in [-0.4, -0.2) is 68.2 Å². The molecule has 15 nitrogen and oxygen atoms in total. The van der Waals surface area contributed by atoms with E-state index in [4.69, 9.17) is 15.2 Å². The summed E-state index contributed by atoms with van der Waals surface area (Å²) in [4.78, 5) is 53.8. The summed E-state index contributed by atoms with van der Waals surface area (Å²) in [6.07, 6.45) is -0.136. The summed E-state index contributed by atoms with van der Waals surface area (Å²) in [6.45, 7) is 11.9. The molecule has 0 radical (unpaired) electrons. The maximum atomic E-state index is 12.9. The van der Waals surface area contributed by atoms with Crippen molar-refractivity contribution >= 4 is 56.2 Å². The van der Waals surface area contributed by atoms with E-state index >= 15 is 0 Å². The fraction of sp³-hybridized carbons (Fsp3) is 0.536. The van der Waals surface area contributed by atoms with Crippen LogP contribution in [0.1, 0.15) is 69.4 Å². The van der Waals surface area contributed by atoms with Gasteiger partial charge in [0.2, 0.25) is 15.9 Å². The molecule has 1 aromatic carbocycles. The summed E-state index contributed by atoms with van der Waals surface area (Å²) in [7, 11) is -3.40. The summed E-state index contributed by atoms with van der Waals surface area (Å²) < 4.78 is 35.9. The minimum absolute atomic E-state index is 0.0188. The average Bonchev–Trinajstić information content (AvgIpc) is 3.25. The first-order valence-electron chi connectivity index (χ1n) is 14.0. The molecule has 0 spiro atoms. The van der Waals surface area contributed by atoms with Crippen molar-refractivity contribution in [3.63, 3.8) is 0 Å². The second-order valence-electron chi connectivity index (χ2n) is 12.3. The minimum Gasteiger partial charge on any atom is -0.387 e. The summed E-state index contributed by atoms with van der Waals surface area (Å²) >= 11 is 1.02. The van der Waals surface area contributed by atoms with Gasteiger partial charge in [-0.2, -0.15) is 0 Å². The average molecular weight is 670 g/mol. The first-order chi connectivity index (χ1) is 20.6. The highest BCUT2D eigenvalue weighted by atomic mass is 32.2. The summed E-state index contributed by atoms with van der Waals surface area (Å²) in [5.41, 5.74) is 5.56. The molecule has 0 saturated heterocycles. The molecular weight excluding hydrogens is 626 g/mol. The van der Waals surface area contributed by atoms with Gasteiger partial charge in [0.15, 0.2) is 5.13 Å². The number of alkyl carbamates (subject to hydrolysis) is 1. The number of nitrogens with one attached hydrogen (secondary N) is 5. The molecule has 45 heavy (non-hydrogen) atoms. The van der Waals surface area contributed by atoms with E-state index in [1.165, 1.54) is 6.92 Å². The Morgan fingerprint density at radius 1 is 0.956 bits per heavy atom. The van der Waals surface area contributed by atoms with Gasteiger partial charge in [0, 0.05) is 31.2 Å². The Morgan fingerprint density at radius 2 is 1.58 bits per heavy atom. The maximum Gasteiger partial charge on any atom is 0.412 e. The first kappa shape index (κ1) is 37.2. The van der Waals surface area contributed by atoms with Gasteiger partial charge in [0.25, 0.3) is 5.91 Å². The number of anilines is 2. The van der Waals surface area contributed by atoms with Crippen molar-refractivity contribution < 1.29 is 37.1 Å². The van der Waals surface area contributed by atoms with Crippen molar-refractivity contribution in [1.29, 1.82) is 0 Å². The zero-order valence-electron chi connectivity index (χ0n) is 26.7. The van der Waals surface area contributed by atoms with Crippen LogP contribution in [0.4, 0.5) is 20.4 Å². The third-order valence-corrected chi connectivity index (χ3v) is 7.56. The molecule has 2 aromatic rings. The second kappa shape index (κ2) is 14.9.